The van der Waals surface area contributed by atoms with Crippen molar-refractivity contribution in [2.45, 2.75) is 74.9 Å². The van der Waals surface area contributed by atoms with Crippen LogP contribution >= 0.6 is 0 Å². The van der Waals surface area contributed by atoms with Gasteiger partial charge in [-0.1, -0.05) is 19.1 Å². The minimum Gasteiger partial charge on any atom is -0.390 e. The quantitative estimate of drug-likeness (QED) is 0.700. The van der Waals surface area contributed by atoms with Crippen molar-refractivity contribution in [3.8, 4) is 0 Å². The molecule has 5 heteroatoms. The molecule has 0 radical (unpaired) electrons. The van der Waals surface area contributed by atoms with Gasteiger partial charge in [-0.15, -0.1) is 0 Å². The molecule has 32 heavy (non-hydrogen) atoms. The van der Waals surface area contributed by atoms with Gasteiger partial charge in [0.05, 0.1) is 23.4 Å². The van der Waals surface area contributed by atoms with Crippen LogP contribution in [0.15, 0.2) is 42.3 Å². The second-order valence-electron chi connectivity index (χ2n) is 11.9. The lowest BCUT2D eigenvalue weighted by Crippen LogP contribution is -2.67. The first kappa shape index (κ1) is 19.9. The summed E-state index contributed by atoms with van der Waals surface area (Å²) in [5, 5.41) is 22.5. The topological polar surface area (TPSA) is 65.8 Å². The summed E-state index contributed by atoms with van der Waals surface area (Å²) in [6.45, 7) is 2.43. The first-order valence-electron chi connectivity index (χ1n) is 12.3. The molecule has 9 unspecified atom stereocenters. The molecule has 3 spiro atoms. The van der Waals surface area contributed by atoms with Crippen LogP contribution in [-0.2, 0) is 4.74 Å². The Hall–Kier alpha value is -1.53. The van der Waals surface area contributed by atoms with Crippen LogP contribution in [0.5, 0.6) is 0 Å². The molecule has 6 aliphatic rings. The van der Waals surface area contributed by atoms with Gasteiger partial charge in [0, 0.05) is 35.2 Å². The molecule has 2 bridgehead atoms. The SMILES string of the molecule is CN(C)C1CC23CCC4(O2)C(=CCC2(C)C(c5ccncc5)=CCC24)C2CC23C(O)C1O. The molecular formula is C27H34N2O3. The van der Waals surface area contributed by atoms with Gasteiger partial charge >= 0.3 is 0 Å². The van der Waals surface area contributed by atoms with E-state index < -0.39 is 12.2 Å². The van der Waals surface area contributed by atoms with Crippen LogP contribution < -0.4 is 0 Å². The smallest absolute Gasteiger partial charge is 0.0961 e. The van der Waals surface area contributed by atoms with Gasteiger partial charge in [-0.25, -0.2) is 0 Å². The highest BCUT2D eigenvalue weighted by Crippen LogP contribution is 2.81. The summed E-state index contributed by atoms with van der Waals surface area (Å²) in [5.74, 6) is 0.791. The zero-order valence-corrected chi connectivity index (χ0v) is 19.3. The Bertz CT molecular complexity index is 1050. The Morgan fingerprint density at radius 2 is 1.88 bits per heavy atom. The third kappa shape index (κ3) is 2.01. The molecule has 0 aromatic carbocycles. The fourth-order valence-electron chi connectivity index (χ4n) is 9.16. The van der Waals surface area contributed by atoms with E-state index in [0.717, 1.165) is 38.5 Å². The number of nitrogens with zero attached hydrogens (tertiary/aromatic N) is 2. The molecule has 9 atom stereocenters. The highest BCUT2D eigenvalue weighted by Gasteiger charge is 2.84. The first-order valence-corrected chi connectivity index (χ1v) is 12.3. The van der Waals surface area contributed by atoms with Crippen molar-refractivity contribution in [1.82, 2.24) is 9.88 Å². The lowest BCUT2D eigenvalue weighted by molar-refractivity contribution is -0.248. The number of rotatable bonds is 2. The normalized spacial score (nSPS) is 52.5. The predicted octanol–water partition coefficient (Wildman–Crippen LogP) is 3.18. The standard InChI is InChI=1S/C27H34N2O3/c1-24-9-6-18-19-14-26(19)23(31)22(30)20(29(2)3)15-25(26)10-11-27(18,32-25)21(24)5-4-17(24)16-7-12-28-13-8-16/h4,6-8,12-13,19-23,30-31H,5,9-11,14-15H2,1-3H3. The molecular weight excluding hydrogens is 400 g/mol. The van der Waals surface area contributed by atoms with Gasteiger partial charge in [0.2, 0.25) is 0 Å². The van der Waals surface area contributed by atoms with Gasteiger partial charge in [-0.05, 0) is 87.4 Å². The van der Waals surface area contributed by atoms with Crippen molar-refractivity contribution in [2.24, 2.45) is 22.7 Å². The number of aliphatic hydroxyl groups excluding tert-OH is 2. The molecule has 0 amide bonds. The number of aromatic nitrogens is 1. The molecule has 2 aliphatic heterocycles. The molecule has 2 saturated carbocycles. The van der Waals surface area contributed by atoms with Gasteiger partial charge in [-0.3, -0.25) is 4.98 Å². The van der Waals surface area contributed by atoms with Crippen molar-refractivity contribution in [2.75, 3.05) is 14.1 Å². The van der Waals surface area contributed by atoms with E-state index in [4.69, 9.17) is 4.74 Å². The summed E-state index contributed by atoms with van der Waals surface area (Å²) in [4.78, 5) is 6.31. The van der Waals surface area contributed by atoms with E-state index in [9.17, 15) is 10.2 Å². The summed E-state index contributed by atoms with van der Waals surface area (Å²) < 4.78 is 7.38. The average molecular weight is 435 g/mol. The highest BCUT2D eigenvalue weighted by atomic mass is 16.5. The van der Waals surface area contributed by atoms with E-state index in [1.54, 1.807) is 0 Å². The number of hydrogen-bond acceptors (Lipinski definition) is 5. The third-order valence-corrected chi connectivity index (χ3v) is 10.7. The van der Waals surface area contributed by atoms with Crippen LogP contribution in [0.25, 0.3) is 5.57 Å². The maximum absolute atomic E-state index is 11.4. The molecule has 5 nitrogen and oxygen atoms in total. The maximum atomic E-state index is 11.4. The number of hydrogen-bond donors (Lipinski definition) is 2. The molecule has 1 aromatic rings. The van der Waals surface area contributed by atoms with Crippen molar-refractivity contribution < 1.29 is 14.9 Å². The van der Waals surface area contributed by atoms with Gasteiger partial charge in [0.1, 0.15) is 0 Å². The lowest BCUT2D eigenvalue weighted by atomic mass is 9.57. The van der Waals surface area contributed by atoms with Gasteiger partial charge in [-0.2, -0.15) is 0 Å². The van der Waals surface area contributed by atoms with Crippen LogP contribution in [0.3, 0.4) is 0 Å². The maximum Gasteiger partial charge on any atom is 0.0961 e. The van der Waals surface area contributed by atoms with Crippen molar-refractivity contribution >= 4 is 5.57 Å². The molecule has 4 fully saturated rings. The number of allylic oxidation sites excluding steroid dienone is 3. The van der Waals surface area contributed by atoms with Crippen LogP contribution in [-0.4, -0.2) is 63.6 Å². The fourth-order valence-corrected chi connectivity index (χ4v) is 9.16. The molecule has 7 rings (SSSR count). The van der Waals surface area contributed by atoms with Crippen molar-refractivity contribution in [3.05, 3.63) is 47.8 Å². The number of ether oxygens (including phenoxy) is 1. The van der Waals surface area contributed by atoms with Gasteiger partial charge < -0.3 is 19.8 Å². The van der Waals surface area contributed by atoms with E-state index >= 15 is 0 Å². The zero-order valence-electron chi connectivity index (χ0n) is 19.3. The van der Waals surface area contributed by atoms with E-state index in [0.29, 0.717) is 11.8 Å². The molecule has 4 aliphatic carbocycles. The number of likely N-dealkylation sites (N-methyl/N-ethyl adjacent to an activating group) is 1. The molecule has 3 heterocycles. The van der Waals surface area contributed by atoms with Crippen LogP contribution in [0.1, 0.15) is 51.0 Å². The number of aliphatic hydroxyl groups is 2. The fraction of sp³-hybridized carbons (Fsp3) is 0.667. The molecule has 1 aromatic heterocycles. The van der Waals surface area contributed by atoms with Crippen molar-refractivity contribution in [3.63, 3.8) is 0 Å². The highest BCUT2D eigenvalue weighted by molar-refractivity contribution is 5.74. The number of fused-ring (bicyclic) bond motifs is 2. The summed E-state index contributed by atoms with van der Waals surface area (Å²) in [5.41, 5.74) is 3.40. The van der Waals surface area contributed by atoms with Gasteiger partial charge in [0.25, 0.3) is 0 Å². The Labute approximate surface area is 190 Å². The largest absolute Gasteiger partial charge is 0.390 e. The van der Waals surface area contributed by atoms with Crippen LogP contribution in [0, 0.1) is 22.7 Å². The van der Waals surface area contributed by atoms with E-state index in [1.165, 1.54) is 16.7 Å². The Balaban J connectivity index is 1.33. The van der Waals surface area contributed by atoms with E-state index in [2.05, 4.69) is 41.1 Å². The monoisotopic (exact) mass is 434 g/mol. The number of pyridine rings is 1. The summed E-state index contributed by atoms with van der Waals surface area (Å²) in [6.07, 6.45) is 13.2. The van der Waals surface area contributed by atoms with Gasteiger partial charge in [0.15, 0.2) is 0 Å². The summed E-state index contributed by atoms with van der Waals surface area (Å²) >= 11 is 0. The Kier molecular flexibility index (Phi) is 3.69. The zero-order chi connectivity index (χ0) is 22.1. The summed E-state index contributed by atoms with van der Waals surface area (Å²) in [6, 6.07) is 4.21. The Morgan fingerprint density at radius 1 is 1.09 bits per heavy atom. The molecule has 170 valence electrons. The average Bonchev–Trinajstić information content (AvgIpc) is 3.31. The summed E-state index contributed by atoms with van der Waals surface area (Å²) in [7, 11) is 4.02. The second-order valence-corrected chi connectivity index (χ2v) is 11.9. The second kappa shape index (κ2) is 5.93. The van der Waals surface area contributed by atoms with Crippen LogP contribution in [0.4, 0.5) is 0 Å². The first-order chi connectivity index (χ1) is 15.3. The van der Waals surface area contributed by atoms with E-state index in [1.807, 2.05) is 26.5 Å². The van der Waals surface area contributed by atoms with Crippen LogP contribution in [0.2, 0.25) is 0 Å². The predicted molar refractivity (Wildman–Crippen MR) is 122 cm³/mol. The minimum atomic E-state index is -0.715. The molecule has 2 N–H and O–H groups in total. The van der Waals surface area contributed by atoms with Crippen molar-refractivity contribution in [1.29, 1.82) is 0 Å². The third-order valence-electron chi connectivity index (χ3n) is 10.7. The molecule has 2 saturated heterocycles. The lowest BCUT2D eigenvalue weighted by Gasteiger charge is -2.59. The Morgan fingerprint density at radius 3 is 2.62 bits per heavy atom. The minimum absolute atomic E-state index is 0.0546. The van der Waals surface area contributed by atoms with E-state index in [-0.39, 0.29) is 28.1 Å².